The summed E-state index contributed by atoms with van der Waals surface area (Å²) in [4.78, 5) is 17.1. The van der Waals surface area contributed by atoms with Crippen LogP contribution in [-0.4, -0.2) is 59.2 Å². The third kappa shape index (κ3) is 6.12. The molecule has 9 nitrogen and oxygen atoms in total. The number of ether oxygens (including phenoxy) is 1. The Morgan fingerprint density at radius 2 is 1.92 bits per heavy atom. The zero-order valence-electron chi connectivity index (χ0n) is 22.3. The highest BCUT2D eigenvalue weighted by Crippen LogP contribution is 2.54. The van der Waals surface area contributed by atoms with Crippen LogP contribution in [0.3, 0.4) is 0 Å². The van der Waals surface area contributed by atoms with E-state index in [4.69, 9.17) is 10.5 Å². The fourth-order valence-corrected chi connectivity index (χ4v) is 7.21. The predicted octanol–water partition coefficient (Wildman–Crippen LogP) is 4.34. The summed E-state index contributed by atoms with van der Waals surface area (Å²) in [6, 6.07) is 14.3. The summed E-state index contributed by atoms with van der Waals surface area (Å²) in [6.07, 6.45) is -1.38. The van der Waals surface area contributed by atoms with E-state index in [1.165, 1.54) is 21.7 Å². The van der Waals surface area contributed by atoms with Crippen LogP contribution in [-0.2, 0) is 14.8 Å². The van der Waals surface area contributed by atoms with E-state index in [2.05, 4.69) is 10.3 Å². The van der Waals surface area contributed by atoms with Gasteiger partial charge in [0.15, 0.2) is 5.13 Å². The largest absolute Gasteiger partial charge is 0.444 e. The van der Waals surface area contributed by atoms with Crippen molar-refractivity contribution in [2.75, 3.05) is 18.8 Å². The van der Waals surface area contributed by atoms with Crippen molar-refractivity contribution >= 4 is 42.8 Å². The molecule has 1 aliphatic carbocycles. The summed E-state index contributed by atoms with van der Waals surface area (Å²) in [5.41, 5.74) is 5.60. The molecule has 2 aromatic carbocycles. The first-order valence-electron chi connectivity index (χ1n) is 12.6. The number of nitrogens with zero attached hydrogens (tertiary/aromatic N) is 2. The Hall–Kier alpha value is -2.73. The van der Waals surface area contributed by atoms with Gasteiger partial charge in [0.25, 0.3) is 0 Å². The van der Waals surface area contributed by atoms with E-state index < -0.39 is 33.4 Å². The number of alkyl carbamates (subject to hydrolysis) is 1. The molecule has 2 unspecified atom stereocenters. The number of benzene rings is 2. The molecule has 0 aliphatic heterocycles. The Bertz CT molecular complexity index is 1400. The molecule has 3 atom stereocenters. The number of nitrogens with two attached hydrogens (primary N) is 1. The minimum Gasteiger partial charge on any atom is -0.444 e. The molecule has 1 saturated carbocycles. The molecule has 0 bridgehead atoms. The summed E-state index contributed by atoms with van der Waals surface area (Å²) in [5, 5.41) is 14.8. The summed E-state index contributed by atoms with van der Waals surface area (Å²) in [5.74, 6) is -0.190. The molecule has 1 aromatic heterocycles. The van der Waals surface area contributed by atoms with Crippen LogP contribution in [0.5, 0.6) is 0 Å². The first-order chi connectivity index (χ1) is 17.7. The summed E-state index contributed by atoms with van der Waals surface area (Å²) in [6.45, 7) is 9.13. The number of nitrogen functional groups attached to an aromatic ring is 1. The van der Waals surface area contributed by atoms with Gasteiger partial charge in [-0.05, 0) is 56.9 Å². The maximum absolute atomic E-state index is 13.8. The van der Waals surface area contributed by atoms with Crippen molar-refractivity contribution in [3.05, 3.63) is 54.1 Å². The molecule has 0 saturated heterocycles. The second-order valence-electron chi connectivity index (χ2n) is 11.2. The molecule has 0 radical (unpaired) electrons. The number of sulfonamides is 1. The third-order valence-electron chi connectivity index (χ3n) is 6.49. The van der Waals surface area contributed by atoms with Gasteiger partial charge in [0.1, 0.15) is 5.60 Å². The number of hydrogen-bond donors (Lipinski definition) is 3. The number of amides is 1. The van der Waals surface area contributed by atoms with Gasteiger partial charge in [-0.25, -0.2) is 18.2 Å². The van der Waals surface area contributed by atoms with Gasteiger partial charge in [0.05, 0.1) is 26.8 Å². The van der Waals surface area contributed by atoms with E-state index in [9.17, 15) is 18.3 Å². The van der Waals surface area contributed by atoms with E-state index in [-0.39, 0.29) is 29.8 Å². The van der Waals surface area contributed by atoms with E-state index in [0.717, 1.165) is 5.56 Å². The van der Waals surface area contributed by atoms with Crippen LogP contribution >= 0.6 is 11.3 Å². The lowest BCUT2D eigenvalue weighted by atomic mass is 10.0. The fourth-order valence-electron chi connectivity index (χ4n) is 4.73. The van der Waals surface area contributed by atoms with Crippen LogP contribution in [0.15, 0.2) is 53.4 Å². The number of rotatable bonds is 9. The van der Waals surface area contributed by atoms with Crippen molar-refractivity contribution in [2.45, 2.75) is 69.1 Å². The number of aliphatic hydroxyl groups is 1. The second kappa shape index (κ2) is 10.4. The normalized spacial score (nSPS) is 20.6. The summed E-state index contributed by atoms with van der Waals surface area (Å²) < 4.78 is 35.1. The van der Waals surface area contributed by atoms with Crippen LogP contribution in [0.2, 0.25) is 0 Å². The number of fused-ring (bicyclic) bond motifs is 1. The number of carbonyl (C=O) groups excluding carboxylic acids is 1. The number of aromatic nitrogens is 1. The lowest BCUT2D eigenvalue weighted by Crippen LogP contribution is -2.53. The number of nitrogens with one attached hydrogen (secondary N) is 1. The molecule has 206 valence electrons. The average Bonchev–Trinajstić information content (AvgIpc) is 3.41. The van der Waals surface area contributed by atoms with Gasteiger partial charge in [-0.3, -0.25) is 0 Å². The maximum Gasteiger partial charge on any atom is 0.408 e. The fraction of sp³-hybridized carbons (Fsp3) is 0.481. The van der Waals surface area contributed by atoms with Gasteiger partial charge < -0.3 is 20.9 Å². The van der Waals surface area contributed by atoms with Crippen molar-refractivity contribution in [1.29, 1.82) is 0 Å². The van der Waals surface area contributed by atoms with Gasteiger partial charge in [-0.1, -0.05) is 55.5 Å². The molecule has 38 heavy (non-hydrogen) atoms. The van der Waals surface area contributed by atoms with Gasteiger partial charge in [-0.2, -0.15) is 4.31 Å². The first-order valence-corrected chi connectivity index (χ1v) is 14.9. The monoisotopic (exact) mass is 560 g/mol. The van der Waals surface area contributed by atoms with Crippen molar-refractivity contribution in [2.24, 2.45) is 5.92 Å². The van der Waals surface area contributed by atoms with Gasteiger partial charge in [0.2, 0.25) is 10.0 Å². The van der Waals surface area contributed by atoms with Crippen LogP contribution in [0, 0.1) is 5.92 Å². The van der Waals surface area contributed by atoms with E-state index in [1.54, 1.807) is 32.9 Å². The maximum atomic E-state index is 13.8. The van der Waals surface area contributed by atoms with Crippen LogP contribution in [0.1, 0.15) is 52.5 Å². The molecule has 1 amide bonds. The molecular weight excluding hydrogens is 524 g/mol. The zero-order valence-corrected chi connectivity index (χ0v) is 24.0. The van der Waals surface area contributed by atoms with Crippen molar-refractivity contribution in [1.82, 2.24) is 14.6 Å². The molecule has 4 rings (SSSR count). The van der Waals surface area contributed by atoms with Crippen LogP contribution in [0.25, 0.3) is 10.2 Å². The molecule has 4 N–H and O–H groups in total. The quantitative estimate of drug-likeness (QED) is 0.354. The third-order valence-corrected chi connectivity index (χ3v) is 9.17. The zero-order chi connectivity index (χ0) is 27.9. The molecule has 1 fully saturated rings. The Labute approximate surface area is 228 Å². The van der Waals surface area contributed by atoms with Gasteiger partial charge >= 0.3 is 6.09 Å². The Balaban J connectivity index is 1.64. The number of aliphatic hydroxyl groups excluding tert-OH is 1. The summed E-state index contributed by atoms with van der Waals surface area (Å²) in [7, 11) is -3.98. The van der Waals surface area contributed by atoms with Crippen LogP contribution in [0.4, 0.5) is 9.93 Å². The Morgan fingerprint density at radius 1 is 1.24 bits per heavy atom. The number of anilines is 1. The molecule has 0 spiro atoms. The van der Waals surface area contributed by atoms with Crippen molar-refractivity contribution in [3.63, 3.8) is 0 Å². The molecule has 1 aliphatic rings. The minimum absolute atomic E-state index is 0.00126. The number of hydrogen-bond acceptors (Lipinski definition) is 8. The molecule has 11 heteroatoms. The highest BCUT2D eigenvalue weighted by Gasteiger charge is 2.61. The molecule has 1 heterocycles. The Morgan fingerprint density at radius 3 is 2.55 bits per heavy atom. The second-order valence-corrected chi connectivity index (χ2v) is 14.2. The number of carbonyl (C=O) groups is 1. The van der Waals surface area contributed by atoms with Crippen LogP contribution < -0.4 is 11.1 Å². The minimum atomic E-state index is -3.98. The standard InChI is InChI=1S/C27H36N4O5S2/c1-17(2)15-31(38(34,35)19-11-12-21-22(13-19)37-24(28)29-21)16-23(32)27(30-25(33)36-26(3,4)5)14-20(27)18-9-7-6-8-10-18/h6-13,17,20,23,32H,14-16H2,1-5H3,(H2,28,29)(H,30,33)/t20?,23-,27?/m1/s1. The van der Waals surface area contributed by atoms with Crippen molar-refractivity contribution in [3.8, 4) is 0 Å². The van der Waals surface area contributed by atoms with Crippen molar-refractivity contribution < 1.29 is 23.1 Å². The predicted molar refractivity (Wildman–Crippen MR) is 150 cm³/mol. The first kappa shape index (κ1) is 28.3. The van der Waals surface area contributed by atoms with E-state index in [1.807, 2.05) is 44.2 Å². The highest BCUT2D eigenvalue weighted by atomic mass is 32.2. The Kier molecular flexibility index (Phi) is 7.77. The smallest absolute Gasteiger partial charge is 0.408 e. The lowest BCUT2D eigenvalue weighted by molar-refractivity contribution is 0.0357. The SMILES string of the molecule is CC(C)CN(C[C@@H](O)C1(NC(=O)OC(C)(C)C)CC1c1ccccc1)S(=O)(=O)c1ccc2nc(N)sc2c1. The van der Waals surface area contributed by atoms with E-state index >= 15 is 0 Å². The highest BCUT2D eigenvalue weighted by molar-refractivity contribution is 7.89. The van der Waals surface area contributed by atoms with Gasteiger partial charge in [0, 0.05) is 19.0 Å². The van der Waals surface area contributed by atoms with Gasteiger partial charge in [-0.15, -0.1) is 0 Å². The van der Waals surface area contributed by atoms with E-state index in [0.29, 0.717) is 21.8 Å². The molecular formula is C27H36N4O5S2. The average molecular weight is 561 g/mol. The lowest BCUT2D eigenvalue weighted by Gasteiger charge is -2.32. The topological polar surface area (TPSA) is 135 Å². The summed E-state index contributed by atoms with van der Waals surface area (Å²) >= 11 is 1.22. The molecule has 3 aromatic rings. The number of thiazole rings is 1.